The monoisotopic (exact) mass is 136 g/mol. The molecule has 2 atom stereocenters. The van der Waals surface area contributed by atoms with Crippen molar-refractivity contribution in [1.29, 1.82) is 0 Å². The highest BCUT2D eigenvalue weighted by Crippen LogP contribution is 2.70. The van der Waals surface area contributed by atoms with E-state index in [1.807, 2.05) is 0 Å². The first-order chi connectivity index (χ1) is 4.92. The first-order valence-electron chi connectivity index (χ1n) is 4.92. The molecule has 0 aliphatic heterocycles. The predicted molar refractivity (Wildman–Crippen MR) is 41.7 cm³/mol. The second kappa shape index (κ2) is 1.60. The molecular weight excluding hydrogens is 120 g/mol. The molecule has 3 fully saturated rings. The third kappa shape index (κ3) is 0.500. The van der Waals surface area contributed by atoms with Gasteiger partial charge in [-0.05, 0) is 49.4 Å². The van der Waals surface area contributed by atoms with Crippen LogP contribution in [0.15, 0.2) is 0 Å². The second-order valence-corrected chi connectivity index (χ2v) is 4.65. The summed E-state index contributed by atoms with van der Waals surface area (Å²) in [6.07, 6.45) is 11.1. The first kappa shape index (κ1) is 5.62. The molecule has 3 rings (SSSR count). The molecule has 3 aliphatic rings. The van der Waals surface area contributed by atoms with Crippen LogP contribution in [0.5, 0.6) is 0 Å². The van der Waals surface area contributed by atoms with Gasteiger partial charge in [0.2, 0.25) is 0 Å². The van der Waals surface area contributed by atoms with E-state index in [-0.39, 0.29) is 0 Å². The van der Waals surface area contributed by atoms with Crippen molar-refractivity contribution in [2.24, 2.45) is 17.3 Å². The highest BCUT2D eigenvalue weighted by Gasteiger charge is 2.61. The van der Waals surface area contributed by atoms with E-state index in [2.05, 4.69) is 0 Å². The zero-order chi connectivity index (χ0) is 6.60. The molecule has 3 aliphatic carbocycles. The van der Waals surface area contributed by atoms with E-state index in [1.54, 1.807) is 44.9 Å². The van der Waals surface area contributed by atoms with E-state index in [1.165, 1.54) is 11.8 Å². The van der Waals surface area contributed by atoms with Gasteiger partial charge in [0.15, 0.2) is 0 Å². The lowest BCUT2D eigenvalue weighted by Gasteiger charge is -2.33. The summed E-state index contributed by atoms with van der Waals surface area (Å²) in [5, 5.41) is 0. The normalized spacial score (nSPS) is 52.2. The van der Waals surface area contributed by atoms with Gasteiger partial charge in [-0.2, -0.15) is 0 Å². The predicted octanol–water partition coefficient (Wildman–Crippen LogP) is 2.98. The molecule has 0 heteroatoms. The zero-order valence-electron chi connectivity index (χ0n) is 6.60. The summed E-state index contributed by atoms with van der Waals surface area (Å²) >= 11 is 0. The summed E-state index contributed by atoms with van der Waals surface area (Å²) in [6, 6.07) is 0. The van der Waals surface area contributed by atoms with Crippen LogP contribution in [0, 0.1) is 17.3 Å². The van der Waals surface area contributed by atoms with Gasteiger partial charge < -0.3 is 0 Å². The summed E-state index contributed by atoms with van der Waals surface area (Å²) in [4.78, 5) is 0. The van der Waals surface area contributed by atoms with Crippen molar-refractivity contribution in [1.82, 2.24) is 0 Å². The van der Waals surface area contributed by atoms with E-state index in [4.69, 9.17) is 0 Å². The Labute approximate surface area is 63.0 Å². The number of hydrogen-bond acceptors (Lipinski definition) is 0. The third-order valence-electron chi connectivity index (χ3n) is 4.39. The van der Waals surface area contributed by atoms with E-state index in [0.717, 1.165) is 5.41 Å². The molecule has 0 bridgehead atoms. The zero-order valence-corrected chi connectivity index (χ0v) is 6.60. The molecule has 0 aromatic carbocycles. The number of fused-ring (bicyclic) bond motifs is 1. The van der Waals surface area contributed by atoms with Crippen LogP contribution >= 0.6 is 0 Å². The van der Waals surface area contributed by atoms with Gasteiger partial charge in [-0.25, -0.2) is 0 Å². The quantitative estimate of drug-likeness (QED) is 0.520. The van der Waals surface area contributed by atoms with Gasteiger partial charge in [-0.1, -0.05) is 12.8 Å². The van der Waals surface area contributed by atoms with Crippen molar-refractivity contribution in [3.8, 4) is 0 Å². The average molecular weight is 136 g/mol. The molecule has 0 N–H and O–H groups in total. The average Bonchev–Trinajstić information content (AvgIpc) is 2.32. The molecule has 56 valence electrons. The Balaban J connectivity index is 1.79. The molecule has 3 saturated carbocycles. The molecule has 0 aromatic rings. The van der Waals surface area contributed by atoms with Gasteiger partial charge in [0, 0.05) is 0 Å². The summed E-state index contributed by atoms with van der Waals surface area (Å²) in [5.74, 6) is 2.40. The van der Waals surface area contributed by atoms with Gasteiger partial charge >= 0.3 is 0 Å². The van der Waals surface area contributed by atoms with Crippen LogP contribution in [-0.2, 0) is 0 Å². The topological polar surface area (TPSA) is 0 Å². The van der Waals surface area contributed by atoms with Crippen molar-refractivity contribution in [3.05, 3.63) is 0 Å². The lowest BCUT2D eigenvalue weighted by molar-refractivity contribution is 0.177. The Morgan fingerprint density at radius 2 is 1.70 bits per heavy atom. The molecule has 0 aromatic heterocycles. The van der Waals surface area contributed by atoms with Crippen LogP contribution in [0.25, 0.3) is 0 Å². The van der Waals surface area contributed by atoms with Crippen LogP contribution < -0.4 is 0 Å². The summed E-state index contributed by atoms with van der Waals surface area (Å²) in [5.41, 5.74) is 0.957. The fourth-order valence-electron chi connectivity index (χ4n) is 3.46. The minimum absolute atomic E-state index is 0.957. The Morgan fingerprint density at radius 3 is 2.10 bits per heavy atom. The molecule has 0 nitrogen and oxygen atoms in total. The molecule has 0 spiro atoms. The van der Waals surface area contributed by atoms with Crippen molar-refractivity contribution in [3.63, 3.8) is 0 Å². The third-order valence-corrected chi connectivity index (χ3v) is 4.39. The maximum absolute atomic E-state index is 1.62. The first-order valence-corrected chi connectivity index (χ1v) is 4.92. The molecule has 2 unspecified atom stereocenters. The minimum atomic E-state index is 0.957. The summed E-state index contributed by atoms with van der Waals surface area (Å²) in [6.45, 7) is 0. The lowest BCUT2D eigenvalue weighted by atomic mass is 9.72. The Bertz CT molecular complexity index is 157. The molecular formula is C10H16. The minimum Gasteiger partial charge on any atom is -0.0527 e. The van der Waals surface area contributed by atoms with E-state index in [0.29, 0.717) is 0 Å². The van der Waals surface area contributed by atoms with Crippen molar-refractivity contribution < 1.29 is 0 Å². The van der Waals surface area contributed by atoms with Gasteiger partial charge in [0.1, 0.15) is 0 Å². The fourth-order valence-corrected chi connectivity index (χ4v) is 3.46. The van der Waals surface area contributed by atoms with Crippen molar-refractivity contribution in [2.75, 3.05) is 0 Å². The van der Waals surface area contributed by atoms with Crippen LogP contribution in [0.1, 0.15) is 44.9 Å². The molecule has 0 radical (unpaired) electrons. The Morgan fingerprint density at radius 1 is 0.900 bits per heavy atom. The SMILES string of the molecule is C1CC(C23CCCC2C3)C1. The summed E-state index contributed by atoms with van der Waals surface area (Å²) < 4.78 is 0. The highest BCUT2D eigenvalue weighted by molar-refractivity contribution is 5.11. The van der Waals surface area contributed by atoms with Crippen LogP contribution in [-0.4, -0.2) is 0 Å². The van der Waals surface area contributed by atoms with Crippen molar-refractivity contribution in [2.45, 2.75) is 44.9 Å². The Kier molecular flexibility index (Phi) is 0.898. The van der Waals surface area contributed by atoms with Crippen LogP contribution in [0.4, 0.5) is 0 Å². The van der Waals surface area contributed by atoms with E-state index in [9.17, 15) is 0 Å². The Hall–Kier alpha value is 0. The smallest absolute Gasteiger partial charge is 0.0238 e. The maximum atomic E-state index is 1.62. The van der Waals surface area contributed by atoms with Gasteiger partial charge in [-0.15, -0.1) is 0 Å². The molecule has 10 heavy (non-hydrogen) atoms. The number of rotatable bonds is 1. The largest absolute Gasteiger partial charge is 0.0527 e. The maximum Gasteiger partial charge on any atom is -0.0238 e. The van der Waals surface area contributed by atoms with Crippen LogP contribution in [0.3, 0.4) is 0 Å². The molecule has 0 heterocycles. The van der Waals surface area contributed by atoms with Gasteiger partial charge in [-0.3, -0.25) is 0 Å². The second-order valence-electron chi connectivity index (χ2n) is 4.65. The fraction of sp³-hybridized carbons (Fsp3) is 1.00. The molecule has 0 amide bonds. The molecule has 0 saturated heterocycles. The van der Waals surface area contributed by atoms with E-state index < -0.39 is 0 Å². The summed E-state index contributed by atoms with van der Waals surface area (Å²) in [7, 11) is 0. The van der Waals surface area contributed by atoms with Gasteiger partial charge in [0.25, 0.3) is 0 Å². The standard InChI is InChI=1S/C10H16/c1-3-8(4-1)10-6-2-5-9(10)7-10/h8-9H,1-7H2. The van der Waals surface area contributed by atoms with Crippen LogP contribution in [0.2, 0.25) is 0 Å². The number of hydrogen-bond donors (Lipinski definition) is 0. The van der Waals surface area contributed by atoms with Gasteiger partial charge in [0.05, 0.1) is 0 Å². The highest BCUT2D eigenvalue weighted by atomic mass is 14.7. The van der Waals surface area contributed by atoms with Crippen molar-refractivity contribution >= 4 is 0 Å². The van der Waals surface area contributed by atoms with E-state index >= 15 is 0 Å². The lowest BCUT2D eigenvalue weighted by Crippen LogP contribution is -2.22.